The Morgan fingerprint density at radius 1 is 0.650 bits per heavy atom. The molecular weight excluding hydrogens is 320 g/mol. The number of hydrogen-bond acceptors (Lipinski definition) is 0. The van der Waals surface area contributed by atoms with E-state index in [1.165, 1.54) is 0 Å². The van der Waals surface area contributed by atoms with Crippen molar-refractivity contribution in [3.63, 3.8) is 0 Å². The van der Waals surface area contributed by atoms with E-state index < -0.39 is 43.2 Å². The van der Waals surface area contributed by atoms with E-state index in [-0.39, 0.29) is 18.9 Å². The zero-order valence-electron chi connectivity index (χ0n) is 9.78. The van der Waals surface area contributed by atoms with Crippen LogP contribution in [0, 0.1) is 34.9 Å². The van der Waals surface area contributed by atoms with Gasteiger partial charge < -0.3 is 0 Å². The zero-order chi connectivity index (χ0) is 14.9. The second-order valence-corrected chi connectivity index (χ2v) is 8.04. The molecule has 0 aliphatic heterocycles. The first-order valence-corrected chi connectivity index (χ1v) is 9.45. The Hall–Kier alpha value is -1.12. The molecule has 0 N–H and O–H groups in total. The average molecular weight is 328 g/mol. The molecule has 8 heteroatoms. The number of halogens is 6. The molecule has 0 aliphatic carbocycles. The molecule has 0 aliphatic rings. The second kappa shape index (κ2) is 6.11. The molecule has 0 spiro atoms. The first-order chi connectivity index (χ1) is 9.41. The summed E-state index contributed by atoms with van der Waals surface area (Å²) in [5.41, 5.74) is 0. The van der Waals surface area contributed by atoms with Crippen molar-refractivity contribution in [2.24, 2.45) is 0 Å². The maximum absolute atomic E-state index is 13.4. The molecule has 0 nitrogen and oxygen atoms in total. The van der Waals surface area contributed by atoms with Gasteiger partial charge in [-0.25, -0.2) is 0 Å². The summed E-state index contributed by atoms with van der Waals surface area (Å²) in [7, 11) is -1.82. The molecule has 0 heterocycles. The Bertz CT molecular complexity index is 601. The van der Waals surface area contributed by atoms with Gasteiger partial charge in [-0.3, -0.25) is 0 Å². The molecule has 0 amide bonds. The minimum absolute atomic E-state index is 0.0219. The molecule has 108 valence electrons. The average Bonchev–Trinajstić information content (AvgIpc) is 2.43. The molecule has 0 radical (unpaired) electrons. The van der Waals surface area contributed by atoms with E-state index in [1.807, 2.05) is 0 Å². The first kappa shape index (κ1) is 15.3. The van der Waals surface area contributed by atoms with Gasteiger partial charge in [0.25, 0.3) is 0 Å². The normalized spacial score (nSPS) is 11.7. The Balaban J connectivity index is 2.22. The molecule has 1 unspecified atom stereocenters. The van der Waals surface area contributed by atoms with Gasteiger partial charge in [0.2, 0.25) is 0 Å². The summed E-state index contributed by atoms with van der Waals surface area (Å²) in [6.07, 6.45) is 0. The summed E-state index contributed by atoms with van der Waals surface area (Å²) in [5.74, 6) is -8.40. The van der Waals surface area contributed by atoms with Crippen LogP contribution in [0.1, 0.15) is 0 Å². The molecular formula is C12H8F6P2. The van der Waals surface area contributed by atoms with Crippen LogP contribution < -0.4 is 10.6 Å². The fraction of sp³-hybridized carbons (Fsp3) is 0. The molecule has 20 heavy (non-hydrogen) atoms. The topological polar surface area (TPSA) is 0 Å². The Morgan fingerprint density at radius 2 is 1.20 bits per heavy atom. The fourth-order valence-corrected chi connectivity index (χ4v) is 5.73. The van der Waals surface area contributed by atoms with E-state index in [1.54, 1.807) is 0 Å². The van der Waals surface area contributed by atoms with Gasteiger partial charge in [0, 0.05) is 0 Å². The van der Waals surface area contributed by atoms with Crippen LogP contribution in [-0.2, 0) is 0 Å². The van der Waals surface area contributed by atoms with Gasteiger partial charge in [0.15, 0.2) is 0 Å². The van der Waals surface area contributed by atoms with Crippen LogP contribution in [0.15, 0.2) is 24.3 Å². The molecule has 0 bridgehead atoms. The summed E-state index contributed by atoms with van der Waals surface area (Å²) >= 11 is 0. The van der Waals surface area contributed by atoms with E-state index in [0.29, 0.717) is 0 Å². The molecule has 2 aromatic rings. The summed E-state index contributed by atoms with van der Waals surface area (Å²) in [5, 5.41) is -0.105. The molecule has 0 fully saturated rings. The molecule has 1 atom stereocenters. The Labute approximate surface area is 113 Å². The van der Waals surface area contributed by atoms with Crippen molar-refractivity contribution in [1.29, 1.82) is 0 Å². The van der Waals surface area contributed by atoms with Crippen LogP contribution in [0.25, 0.3) is 0 Å². The monoisotopic (exact) mass is 328 g/mol. The van der Waals surface area contributed by atoms with Crippen molar-refractivity contribution in [3.05, 3.63) is 59.2 Å². The van der Waals surface area contributed by atoms with E-state index in [9.17, 15) is 26.3 Å². The van der Waals surface area contributed by atoms with E-state index in [2.05, 4.69) is 0 Å². The third-order valence-corrected chi connectivity index (χ3v) is 7.31. The zero-order valence-corrected chi connectivity index (χ0v) is 12.2. The van der Waals surface area contributed by atoms with Gasteiger partial charge in [-0.1, -0.05) is 0 Å². The predicted octanol–water partition coefficient (Wildman–Crippen LogP) is 3.21. The third-order valence-electron chi connectivity index (χ3n) is 2.62. The van der Waals surface area contributed by atoms with Gasteiger partial charge in [-0.05, 0) is 0 Å². The van der Waals surface area contributed by atoms with Gasteiger partial charge in [0.05, 0.1) is 0 Å². The summed E-state index contributed by atoms with van der Waals surface area (Å²) in [6, 6.07) is 3.71. The minimum atomic E-state index is -1.59. The molecule has 2 aromatic carbocycles. The standard InChI is InChI=1S/C12H8F6P2/c13-5-1-3-7(11(17)9(5)15)19-20-8-4-2-6(14)10(16)12(8)18/h1-4,19H,20H3. The van der Waals surface area contributed by atoms with Crippen molar-refractivity contribution in [3.8, 4) is 0 Å². The Morgan fingerprint density at radius 3 is 1.85 bits per heavy atom. The summed E-state index contributed by atoms with van der Waals surface area (Å²) in [4.78, 5) is 0. The van der Waals surface area contributed by atoms with Crippen molar-refractivity contribution in [2.45, 2.75) is 0 Å². The summed E-state index contributed by atoms with van der Waals surface area (Å²) in [6.45, 7) is 0. The van der Waals surface area contributed by atoms with Crippen molar-refractivity contribution < 1.29 is 26.3 Å². The summed E-state index contributed by atoms with van der Waals surface area (Å²) < 4.78 is 78.3. The van der Waals surface area contributed by atoms with Crippen LogP contribution in [-0.4, -0.2) is 0 Å². The van der Waals surface area contributed by atoms with Gasteiger partial charge in [-0.2, -0.15) is 0 Å². The second-order valence-electron chi connectivity index (χ2n) is 3.91. The number of rotatable bonds is 3. The van der Waals surface area contributed by atoms with Crippen LogP contribution in [0.2, 0.25) is 0 Å². The van der Waals surface area contributed by atoms with Crippen LogP contribution >= 0.6 is 16.5 Å². The van der Waals surface area contributed by atoms with Gasteiger partial charge in [-0.15, -0.1) is 0 Å². The van der Waals surface area contributed by atoms with Crippen molar-refractivity contribution in [2.75, 3.05) is 0 Å². The molecule has 0 saturated carbocycles. The van der Waals surface area contributed by atoms with Crippen LogP contribution in [0.3, 0.4) is 0 Å². The van der Waals surface area contributed by atoms with E-state index >= 15 is 0 Å². The fourth-order valence-electron chi connectivity index (χ4n) is 1.56. The first-order valence-electron chi connectivity index (χ1n) is 5.41. The molecule has 0 saturated heterocycles. The van der Waals surface area contributed by atoms with Crippen LogP contribution in [0.4, 0.5) is 26.3 Å². The maximum atomic E-state index is 13.4. The predicted molar refractivity (Wildman–Crippen MR) is 71.3 cm³/mol. The van der Waals surface area contributed by atoms with E-state index in [0.717, 1.165) is 24.3 Å². The van der Waals surface area contributed by atoms with E-state index in [4.69, 9.17) is 0 Å². The molecule has 0 aromatic heterocycles. The Kier molecular flexibility index (Phi) is 4.66. The SMILES string of the molecule is Fc1ccc(P[PH3]c2ccc(F)c(F)c2F)c(F)c1F. The van der Waals surface area contributed by atoms with Crippen molar-refractivity contribution in [1.82, 2.24) is 0 Å². The molecule has 2 rings (SSSR count). The quantitative estimate of drug-likeness (QED) is 0.461. The van der Waals surface area contributed by atoms with Crippen molar-refractivity contribution >= 4 is 27.1 Å². The number of hydrogen-bond donors (Lipinski definition) is 0. The number of benzene rings is 2. The van der Waals surface area contributed by atoms with Crippen LogP contribution in [0.5, 0.6) is 0 Å². The van der Waals surface area contributed by atoms with Gasteiger partial charge in [0.1, 0.15) is 0 Å². The third kappa shape index (κ3) is 2.97. The van der Waals surface area contributed by atoms with Gasteiger partial charge >= 0.3 is 113 Å².